The Balaban J connectivity index is 0.00000196. The largest absolute Gasteiger partial charge is 0.481 e. The summed E-state index contributed by atoms with van der Waals surface area (Å²) in [6, 6.07) is 0. The molecule has 1 atom stereocenters. The first kappa shape index (κ1) is 13.7. The molecule has 1 aliphatic rings. The molecule has 1 rings (SSSR count). The van der Waals surface area contributed by atoms with Gasteiger partial charge in [-0.25, -0.2) is 0 Å². The molecule has 84 valence electrons. The third-order valence-corrected chi connectivity index (χ3v) is 2.14. The second-order valence-electron chi connectivity index (χ2n) is 3.45. The van der Waals surface area contributed by atoms with Crippen LogP contribution in [0.4, 0.5) is 0 Å². The highest BCUT2D eigenvalue weighted by atomic mass is 35.5. The maximum absolute atomic E-state index is 10.9. The van der Waals surface area contributed by atoms with Crippen LogP contribution in [-0.2, 0) is 4.79 Å². The quantitative estimate of drug-likeness (QED) is 0.724. The fourth-order valence-electron chi connectivity index (χ4n) is 1.20. The SMILES string of the molecule is C=CCN=C1CC(C)(C(=O)O)C=CN1.Cl. The number of carbonyl (C=O) groups is 1. The minimum absolute atomic E-state index is 0. The number of hydrogen-bond acceptors (Lipinski definition) is 2. The van der Waals surface area contributed by atoms with E-state index in [1.807, 2.05) is 0 Å². The average Bonchev–Trinajstić information content (AvgIpc) is 2.15. The fraction of sp³-hybridized carbons (Fsp3) is 0.400. The zero-order valence-corrected chi connectivity index (χ0v) is 9.38. The minimum atomic E-state index is -0.842. The standard InChI is InChI=1S/C10H14N2O2.ClH/c1-3-5-11-8-7-10(2,9(13)14)4-6-12-8;/h3-4,6H,1,5,7H2,2H3,(H,11,12)(H,13,14);1H. The highest BCUT2D eigenvalue weighted by molar-refractivity contribution is 5.91. The van der Waals surface area contributed by atoms with Gasteiger partial charge in [0.15, 0.2) is 0 Å². The highest BCUT2D eigenvalue weighted by Crippen LogP contribution is 2.26. The first-order valence-corrected chi connectivity index (χ1v) is 4.40. The molecule has 0 radical (unpaired) electrons. The summed E-state index contributed by atoms with van der Waals surface area (Å²) in [7, 11) is 0. The summed E-state index contributed by atoms with van der Waals surface area (Å²) < 4.78 is 0. The van der Waals surface area contributed by atoms with Crippen molar-refractivity contribution in [3.8, 4) is 0 Å². The van der Waals surface area contributed by atoms with Crippen molar-refractivity contribution >= 4 is 24.2 Å². The van der Waals surface area contributed by atoms with E-state index in [1.165, 1.54) is 0 Å². The van der Waals surface area contributed by atoms with Crippen molar-refractivity contribution in [2.45, 2.75) is 13.3 Å². The summed E-state index contributed by atoms with van der Waals surface area (Å²) in [4.78, 5) is 15.1. The predicted molar refractivity (Wildman–Crippen MR) is 62.4 cm³/mol. The van der Waals surface area contributed by atoms with Crippen molar-refractivity contribution in [1.29, 1.82) is 0 Å². The second kappa shape index (κ2) is 5.56. The lowest BCUT2D eigenvalue weighted by Crippen LogP contribution is -2.36. The van der Waals surface area contributed by atoms with Gasteiger partial charge in [-0.1, -0.05) is 12.2 Å². The minimum Gasteiger partial charge on any atom is -0.481 e. The summed E-state index contributed by atoms with van der Waals surface area (Å²) >= 11 is 0. The number of halogens is 1. The molecule has 15 heavy (non-hydrogen) atoms. The van der Waals surface area contributed by atoms with E-state index in [4.69, 9.17) is 5.11 Å². The molecule has 0 aromatic rings. The Morgan fingerprint density at radius 1 is 1.87 bits per heavy atom. The van der Waals surface area contributed by atoms with Crippen LogP contribution in [-0.4, -0.2) is 23.5 Å². The summed E-state index contributed by atoms with van der Waals surface area (Å²) in [5.41, 5.74) is -0.842. The van der Waals surface area contributed by atoms with Crippen LogP contribution in [0.15, 0.2) is 29.9 Å². The molecule has 1 heterocycles. The molecule has 0 bridgehead atoms. The van der Waals surface area contributed by atoms with E-state index in [-0.39, 0.29) is 12.4 Å². The topological polar surface area (TPSA) is 61.7 Å². The molecule has 0 aromatic heterocycles. The predicted octanol–water partition coefficient (Wildman–Crippen LogP) is 1.59. The Hall–Kier alpha value is -1.29. The Kier molecular flexibility index (Phi) is 5.08. The van der Waals surface area contributed by atoms with Crippen LogP contribution in [0.25, 0.3) is 0 Å². The Bertz CT molecular complexity index is 313. The van der Waals surface area contributed by atoms with Crippen molar-refractivity contribution in [1.82, 2.24) is 5.32 Å². The van der Waals surface area contributed by atoms with Crippen molar-refractivity contribution in [3.63, 3.8) is 0 Å². The van der Waals surface area contributed by atoms with Crippen LogP contribution in [0.5, 0.6) is 0 Å². The smallest absolute Gasteiger partial charge is 0.313 e. The normalized spacial score (nSPS) is 26.6. The number of nitrogens with one attached hydrogen (secondary N) is 1. The summed E-state index contributed by atoms with van der Waals surface area (Å²) in [6.07, 6.45) is 5.33. The van der Waals surface area contributed by atoms with Crippen LogP contribution in [0.3, 0.4) is 0 Å². The van der Waals surface area contributed by atoms with E-state index in [9.17, 15) is 4.79 Å². The van der Waals surface area contributed by atoms with Gasteiger partial charge in [0.05, 0.1) is 12.0 Å². The van der Waals surface area contributed by atoms with Crippen molar-refractivity contribution in [2.24, 2.45) is 10.4 Å². The molecular weight excluding hydrogens is 216 g/mol. The molecule has 2 N–H and O–H groups in total. The van der Waals surface area contributed by atoms with E-state index < -0.39 is 11.4 Å². The molecule has 0 spiro atoms. The molecule has 0 saturated heterocycles. The third-order valence-electron chi connectivity index (χ3n) is 2.14. The van der Waals surface area contributed by atoms with Crippen LogP contribution in [0, 0.1) is 5.41 Å². The molecular formula is C10H15ClN2O2. The van der Waals surface area contributed by atoms with Gasteiger partial charge in [0, 0.05) is 6.42 Å². The molecule has 0 saturated carbocycles. The summed E-state index contributed by atoms with van der Waals surface area (Å²) in [5.74, 6) is -0.140. The fourth-order valence-corrected chi connectivity index (χ4v) is 1.20. The van der Waals surface area contributed by atoms with Gasteiger partial charge in [-0.05, 0) is 13.1 Å². The maximum Gasteiger partial charge on any atom is 0.313 e. The lowest BCUT2D eigenvalue weighted by atomic mass is 9.85. The molecule has 0 amide bonds. The number of carboxylic acids is 1. The van der Waals surface area contributed by atoms with Gasteiger partial charge in [0.1, 0.15) is 5.84 Å². The van der Waals surface area contributed by atoms with Crippen molar-refractivity contribution < 1.29 is 9.90 Å². The lowest BCUT2D eigenvalue weighted by Gasteiger charge is -2.25. The highest BCUT2D eigenvalue weighted by Gasteiger charge is 2.33. The van der Waals surface area contributed by atoms with Gasteiger partial charge in [-0.2, -0.15) is 0 Å². The Morgan fingerprint density at radius 3 is 3.07 bits per heavy atom. The number of hydrogen-bond donors (Lipinski definition) is 2. The number of nitrogens with zero attached hydrogens (tertiary/aromatic N) is 1. The molecule has 5 heteroatoms. The molecule has 0 aliphatic carbocycles. The first-order chi connectivity index (χ1) is 6.58. The maximum atomic E-state index is 10.9. The van der Waals surface area contributed by atoms with Gasteiger partial charge >= 0.3 is 5.97 Å². The number of aliphatic imine (C=N–C) groups is 1. The number of aliphatic carboxylic acids is 1. The Morgan fingerprint density at radius 2 is 2.53 bits per heavy atom. The van der Waals surface area contributed by atoms with Gasteiger partial charge < -0.3 is 10.4 Å². The van der Waals surface area contributed by atoms with E-state index in [1.54, 1.807) is 25.3 Å². The van der Waals surface area contributed by atoms with E-state index >= 15 is 0 Å². The summed E-state index contributed by atoms with van der Waals surface area (Å²) in [6.45, 7) is 5.73. The molecule has 1 unspecified atom stereocenters. The molecule has 0 fully saturated rings. The van der Waals surface area contributed by atoms with Crippen LogP contribution < -0.4 is 5.32 Å². The first-order valence-electron chi connectivity index (χ1n) is 4.40. The molecule has 1 aliphatic heterocycles. The van der Waals surface area contributed by atoms with Crippen LogP contribution in [0.2, 0.25) is 0 Å². The second-order valence-corrected chi connectivity index (χ2v) is 3.45. The van der Waals surface area contributed by atoms with E-state index in [2.05, 4.69) is 16.9 Å². The van der Waals surface area contributed by atoms with Gasteiger partial charge in [0.2, 0.25) is 0 Å². The number of amidine groups is 1. The zero-order valence-electron chi connectivity index (χ0n) is 8.56. The third kappa shape index (κ3) is 3.40. The lowest BCUT2D eigenvalue weighted by molar-refractivity contribution is -0.144. The van der Waals surface area contributed by atoms with Crippen LogP contribution in [0.1, 0.15) is 13.3 Å². The monoisotopic (exact) mass is 230 g/mol. The molecule has 0 aromatic carbocycles. The molecule has 4 nitrogen and oxygen atoms in total. The van der Waals surface area contributed by atoms with Gasteiger partial charge in [0.25, 0.3) is 0 Å². The van der Waals surface area contributed by atoms with Gasteiger partial charge in [-0.3, -0.25) is 9.79 Å². The average molecular weight is 231 g/mol. The zero-order chi connectivity index (χ0) is 10.6. The van der Waals surface area contributed by atoms with E-state index in [0.717, 1.165) is 0 Å². The number of carboxylic acid groups (broad SMARTS) is 1. The van der Waals surface area contributed by atoms with Gasteiger partial charge in [-0.15, -0.1) is 19.0 Å². The number of rotatable bonds is 3. The van der Waals surface area contributed by atoms with Crippen molar-refractivity contribution in [2.75, 3.05) is 6.54 Å². The van der Waals surface area contributed by atoms with E-state index in [0.29, 0.717) is 18.8 Å². The van der Waals surface area contributed by atoms with Crippen molar-refractivity contribution in [3.05, 3.63) is 24.9 Å². The van der Waals surface area contributed by atoms with Crippen LogP contribution >= 0.6 is 12.4 Å². The summed E-state index contributed by atoms with van der Waals surface area (Å²) in [5, 5.41) is 11.9. The Labute approximate surface area is 95.2 Å².